The zero-order valence-corrected chi connectivity index (χ0v) is 12.2. The lowest BCUT2D eigenvalue weighted by molar-refractivity contribution is 0.427. The van der Waals surface area contributed by atoms with Gasteiger partial charge in [-0.25, -0.2) is 0 Å². The molecule has 0 aromatic heterocycles. The van der Waals surface area contributed by atoms with Gasteiger partial charge in [0.05, 0.1) is 20.7 Å². The molecule has 0 saturated heterocycles. The van der Waals surface area contributed by atoms with E-state index in [9.17, 15) is 4.21 Å². The molecule has 0 aliphatic heterocycles. The van der Waals surface area contributed by atoms with Crippen molar-refractivity contribution in [2.45, 2.75) is 37.6 Å². The van der Waals surface area contributed by atoms with Gasteiger partial charge in [-0.3, -0.25) is 4.21 Å². The molecule has 1 N–H and O–H groups in total. The molecule has 96 valence electrons. The highest BCUT2D eigenvalue weighted by Crippen LogP contribution is 2.19. The SMILES string of the molecule is CC(C)(C)NCCCS(=O)c1ccccc1Cl. The first-order chi connectivity index (χ1) is 7.90. The molecule has 1 rings (SSSR count). The van der Waals surface area contributed by atoms with Gasteiger partial charge in [0.1, 0.15) is 0 Å². The Labute approximate surface area is 111 Å². The van der Waals surface area contributed by atoms with Crippen LogP contribution in [0.2, 0.25) is 5.02 Å². The summed E-state index contributed by atoms with van der Waals surface area (Å²) < 4.78 is 12.0. The van der Waals surface area contributed by atoms with Crippen LogP contribution in [0, 0.1) is 0 Å². The molecule has 0 aliphatic rings. The molecule has 17 heavy (non-hydrogen) atoms. The minimum Gasteiger partial charge on any atom is -0.312 e. The highest BCUT2D eigenvalue weighted by atomic mass is 35.5. The van der Waals surface area contributed by atoms with Gasteiger partial charge in [0.15, 0.2) is 0 Å². The van der Waals surface area contributed by atoms with E-state index in [4.69, 9.17) is 11.6 Å². The van der Waals surface area contributed by atoms with E-state index in [0.717, 1.165) is 17.9 Å². The van der Waals surface area contributed by atoms with Crippen molar-refractivity contribution in [3.8, 4) is 0 Å². The van der Waals surface area contributed by atoms with Crippen LogP contribution in [0.4, 0.5) is 0 Å². The van der Waals surface area contributed by atoms with Gasteiger partial charge in [0.25, 0.3) is 0 Å². The lowest BCUT2D eigenvalue weighted by Crippen LogP contribution is -2.36. The first-order valence-corrected chi connectivity index (χ1v) is 7.48. The maximum atomic E-state index is 12.0. The van der Waals surface area contributed by atoms with Crippen molar-refractivity contribution in [1.82, 2.24) is 5.32 Å². The van der Waals surface area contributed by atoms with Crippen molar-refractivity contribution >= 4 is 22.4 Å². The van der Waals surface area contributed by atoms with Crippen LogP contribution in [-0.2, 0) is 10.8 Å². The largest absolute Gasteiger partial charge is 0.312 e. The quantitative estimate of drug-likeness (QED) is 0.835. The fraction of sp³-hybridized carbons (Fsp3) is 0.538. The van der Waals surface area contributed by atoms with Gasteiger partial charge in [0, 0.05) is 11.3 Å². The molecular weight excluding hydrogens is 254 g/mol. The molecule has 0 fully saturated rings. The van der Waals surface area contributed by atoms with Gasteiger partial charge in [-0.05, 0) is 45.9 Å². The molecule has 4 heteroatoms. The molecular formula is C13H20ClNOS. The van der Waals surface area contributed by atoms with Gasteiger partial charge in [-0.15, -0.1) is 0 Å². The summed E-state index contributed by atoms with van der Waals surface area (Å²) in [6.45, 7) is 7.24. The van der Waals surface area contributed by atoms with Crippen molar-refractivity contribution in [2.24, 2.45) is 0 Å². The Morgan fingerprint density at radius 1 is 1.29 bits per heavy atom. The number of hydrogen-bond acceptors (Lipinski definition) is 2. The fourth-order valence-corrected chi connectivity index (χ4v) is 2.94. The van der Waals surface area contributed by atoms with Crippen LogP contribution in [0.5, 0.6) is 0 Å². The van der Waals surface area contributed by atoms with E-state index in [-0.39, 0.29) is 5.54 Å². The molecule has 0 radical (unpaired) electrons. The molecule has 1 unspecified atom stereocenters. The topological polar surface area (TPSA) is 29.1 Å². The average molecular weight is 274 g/mol. The van der Waals surface area contributed by atoms with Gasteiger partial charge in [0.2, 0.25) is 0 Å². The molecule has 1 atom stereocenters. The van der Waals surface area contributed by atoms with E-state index in [1.807, 2.05) is 18.2 Å². The number of halogens is 1. The summed E-state index contributed by atoms with van der Waals surface area (Å²) in [6.07, 6.45) is 0.884. The molecule has 0 spiro atoms. The second-order valence-corrected chi connectivity index (χ2v) is 6.96. The summed E-state index contributed by atoms with van der Waals surface area (Å²) in [4.78, 5) is 0.741. The summed E-state index contributed by atoms with van der Waals surface area (Å²) in [6, 6.07) is 7.33. The molecule has 0 saturated carbocycles. The van der Waals surface area contributed by atoms with Crippen LogP contribution < -0.4 is 5.32 Å². The molecule has 1 aromatic carbocycles. The van der Waals surface area contributed by atoms with E-state index in [1.54, 1.807) is 6.07 Å². The van der Waals surface area contributed by atoms with E-state index >= 15 is 0 Å². The summed E-state index contributed by atoms with van der Waals surface area (Å²) in [7, 11) is -0.995. The van der Waals surface area contributed by atoms with Crippen molar-refractivity contribution in [2.75, 3.05) is 12.3 Å². The Kier molecular flexibility index (Phi) is 5.63. The first-order valence-electron chi connectivity index (χ1n) is 5.78. The number of benzene rings is 1. The van der Waals surface area contributed by atoms with Crippen molar-refractivity contribution < 1.29 is 4.21 Å². The van der Waals surface area contributed by atoms with E-state index < -0.39 is 10.8 Å². The van der Waals surface area contributed by atoms with Crippen LogP contribution in [0.25, 0.3) is 0 Å². The maximum Gasteiger partial charge on any atom is 0.0574 e. The predicted octanol–water partition coefficient (Wildman–Crippen LogP) is 3.23. The summed E-state index contributed by atoms with van der Waals surface area (Å²) in [5.74, 6) is 0.646. The fourth-order valence-electron chi connectivity index (χ4n) is 1.41. The van der Waals surface area contributed by atoms with Crippen LogP contribution in [-0.4, -0.2) is 22.0 Å². The van der Waals surface area contributed by atoms with Crippen LogP contribution in [0.1, 0.15) is 27.2 Å². The standard InChI is InChI=1S/C13H20ClNOS/c1-13(2,3)15-9-6-10-17(16)12-8-5-4-7-11(12)14/h4-5,7-8,15H,6,9-10H2,1-3H3. The number of nitrogens with one attached hydrogen (secondary N) is 1. The van der Waals surface area contributed by atoms with Gasteiger partial charge in [-0.2, -0.15) is 0 Å². The third kappa shape index (κ3) is 5.66. The molecule has 1 aromatic rings. The van der Waals surface area contributed by atoms with E-state index in [0.29, 0.717) is 10.8 Å². The second-order valence-electron chi connectivity index (χ2n) is 5.01. The van der Waals surface area contributed by atoms with E-state index in [2.05, 4.69) is 26.1 Å². The lowest BCUT2D eigenvalue weighted by atomic mass is 10.1. The van der Waals surface area contributed by atoms with Gasteiger partial charge < -0.3 is 5.32 Å². The zero-order valence-electron chi connectivity index (χ0n) is 10.6. The average Bonchev–Trinajstić information content (AvgIpc) is 2.23. The Morgan fingerprint density at radius 2 is 1.94 bits per heavy atom. The lowest BCUT2D eigenvalue weighted by Gasteiger charge is -2.20. The van der Waals surface area contributed by atoms with Crippen molar-refractivity contribution in [1.29, 1.82) is 0 Å². The number of rotatable bonds is 5. The molecule has 0 bridgehead atoms. The molecule has 2 nitrogen and oxygen atoms in total. The molecule has 0 heterocycles. The van der Waals surface area contributed by atoms with E-state index in [1.165, 1.54) is 0 Å². The summed E-state index contributed by atoms with van der Waals surface area (Å²) in [5.41, 5.74) is 0.117. The van der Waals surface area contributed by atoms with Crippen molar-refractivity contribution in [3.05, 3.63) is 29.3 Å². The predicted molar refractivity (Wildman–Crippen MR) is 75.1 cm³/mol. The Bertz CT molecular complexity index is 387. The first kappa shape index (κ1) is 14.7. The normalized spacial score (nSPS) is 13.6. The van der Waals surface area contributed by atoms with Crippen molar-refractivity contribution in [3.63, 3.8) is 0 Å². The maximum absolute atomic E-state index is 12.0. The number of hydrogen-bond donors (Lipinski definition) is 1. The molecule has 0 amide bonds. The Balaban J connectivity index is 2.39. The third-order valence-electron chi connectivity index (χ3n) is 2.24. The summed E-state index contributed by atoms with van der Waals surface area (Å²) in [5, 5.41) is 3.97. The molecule has 0 aliphatic carbocycles. The Hall–Kier alpha value is -0.380. The highest BCUT2D eigenvalue weighted by Gasteiger charge is 2.10. The van der Waals surface area contributed by atoms with Crippen LogP contribution in [0.3, 0.4) is 0 Å². The highest BCUT2D eigenvalue weighted by molar-refractivity contribution is 7.85. The smallest absolute Gasteiger partial charge is 0.0574 e. The third-order valence-corrected chi connectivity index (χ3v) is 4.19. The Morgan fingerprint density at radius 3 is 2.53 bits per heavy atom. The zero-order chi connectivity index (χ0) is 12.9. The van der Waals surface area contributed by atoms with Crippen LogP contribution in [0.15, 0.2) is 29.2 Å². The monoisotopic (exact) mass is 273 g/mol. The minimum absolute atomic E-state index is 0.117. The van der Waals surface area contributed by atoms with Gasteiger partial charge >= 0.3 is 0 Å². The summed E-state index contributed by atoms with van der Waals surface area (Å²) >= 11 is 6.00. The minimum atomic E-state index is -0.995. The van der Waals surface area contributed by atoms with Gasteiger partial charge in [-0.1, -0.05) is 23.7 Å². The second kappa shape index (κ2) is 6.53. The van der Waals surface area contributed by atoms with Crippen LogP contribution >= 0.6 is 11.6 Å².